The van der Waals surface area contributed by atoms with Gasteiger partial charge in [0.2, 0.25) is 0 Å². The van der Waals surface area contributed by atoms with Crippen molar-refractivity contribution < 1.29 is 0 Å². The first-order valence-electron chi connectivity index (χ1n) is 9.37. The molecule has 3 aromatic carbocycles. The Labute approximate surface area is 173 Å². The van der Waals surface area contributed by atoms with Gasteiger partial charge in [-0.25, -0.2) is 4.68 Å². The van der Waals surface area contributed by atoms with Gasteiger partial charge in [0.1, 0.15) is 5.54 Å². The molecule has 4 aromatic rings. The third-order valence-corrected chi connectivity index (χ3v) is 5.52. The van der Waals surface area contributed by atoms with Crippen molar-refractivity contribution in [3.8, 4) is 0 Å². The normalized spacial score (nSPS) is 11.5. The summed E-state index contributed by atoms with van der Waals surface area (Å²) >= 11 is 3.53. The lowest BCUT2D eigenvalue weighted by molar-refractivity contribution is 0.429. The molecule has 28 heavy (non-hydrogen) atoms. The molecule has 0 bridgehead atoms. The van der Waals surface area contributed by atoms with Crippen molar-refractivity contribution in [1.82, 2.24) is 20.2 Å². The Balaban J connectivity index is 2.07. The molecule has 4 nitrogen and oxygen atoms in total. The number of hydrogen-bond donors (Lipinski definition) is 0. The molecule has 1 aromatic heterocycles. The van der Waals surface area contributed by atoms with Crippen molar-refractivity contribution in [2.24, 2.45) is 0 Å². The van der Waals surface area contributed by atoms with Gasteiger partial charge < -0.3 is 0 Å². The lowest BCUT2D eigenvalue weighted by Gasteiger charge is -2.36. The summed E-state index contributed by atoms with van der Waals surface area (Å²) in [7, 11) is 0. The van der Waals surface area contributed by atoms with Crippen molar-refractivity contribution in [2.45, 2.75) is 18.4 Å². The van der Waals surface area contributed by atoms with Crippen LogP contribution in [0.15, 0.2) is 91.0 Å². The first-order chi connectivity index (χ1) is 13.9. The van der Waals surface area contributed by atoms with Gasteiger partial charge in [0.05, 0.1) is 0 Å². The van der Waals surface area contributed by atoms with Gasteiger partial charge in [-0.2, -0.15) is 0 Å². The second-order valence-corrected chi connectivity index (χ2v) is 7.40. The number of nitrogens with zero attached hydrogens (tertiary/aromatic N) is 4. The van der Waals surface area contributed by atoms with E-state index in [1.54, 1.807) is 0 Å². The summed E-state index contributed by atoms with van der Waals surface area (Å²) in [5, 5.41) is 13.9. The zero-order valence-corrected chi connectivity index (χ0v) is 17.0. The van der Waals surface area contributed by atoms with Crippen molar-refractivity contribution in [1.29, 1.82) is 0 Å². The smallest absolute Gasteiger partial charge is 0.153 e. The van der Waals surface area contributed by atoms with E-state index in [9.17, 15) is 0 Å². The minimum absolute atomic E-state index is 0.644. The van der Waals surface area contributed by atoms with Crippen LogP contribution in [0.25, 0.3) is 0 Å². The molecule has 0 saturated heterocycles. The van der Waals surface area contributed by atoms with Crippen LogP contribution in [-0.2, 0) is 12.0 Å². The fraction of sp³-hybridized carbons (Fsp3) is 0.174. The number of tetrazole rings is 1. The Morgan fingerprint density at radius 1 is 0.714 bits per heavy atom. The fourth-order valence-electron chi connectivity index (χ4n) is 3.75. The molecular formula is C23H21BrN4. The quantitative estimate of drug-likeness (QED) is 0.310. The highest BCUT2D eigenvalue weighted by molar-refractivity contribution is 9.09. The van der Waals surface area contributed by atoms with Crippen LogP contribution in [-0.4, -0.2) is 25.5 Å². The van der Waals surface area contributed by atoms with Crippen LogP contribution in [0.1, 0.15) is 28.9 Å². The van der Waals surface area contributed by atoms with E-state index in [0.29, 0.717) is 0 Å². The highest BCUT2D eigenvalue weighted by atomic mass is 79.9. The molecule has 4 rings (SSSR count). The van der Waals surface area contributed by atoms with Crippen LogP contribution in [0, 0.1) is 0 Å². The highest BCUT2D eigenvalue weighted by Gasteiger charge is 2.41. The van der Waals surface area contributed by atoms with Crippen molar-refractivity contribution in [2.75, 3.05) is 5.33 Å². The summed E-state index contributed by atoms with van der Waals surface area (Å²) in [6.45, 7) is 0. The summed E-state index contributed by atoms with van der Waals surface area (Å²) in [5.74, 6) is 0.871. The van der Waals surface area contributed by atoms with E-state index in [1.165, 1.54) is 0 Å². The second kappa shape index (κ2) is 8.48. The molecular weight excluding hydrogens is 412 g/mol. The third kappa shape index (κ3) is 3.27. The Bertz CT molecular complexity index is 904. The summed E-state index contributed by atoms with van der Waals surface area (Å²) in [5.41, 5.74) is 2.73. The maximum absolute atomic E-state index is 4.51. The predicted octanol–water partition coefficient (Wildman–Crippen LogP) is 4.84. The van der Waals surface area contributed by atoms with Gasteiger partial charge in [-0.15, -0.1) is 5.10 Å². The summed E-state index contributed by atoms with van der Waals surface area (Å²) in [4.78, 5) is 0. The average molecular weight is 433 g/mol. The van der Waals surface area contributed by atoms with Crippen LogP contribution < -0.4 is 0 Å². The van der Waals surface area contributed by atoms with E-state index in [1.807, 2.05) is 22.9 Å². The molecule has 0 aliphatic carbocycles. The second-order valence-electron chi connectivity index (χ2n) is 6.61. The van der Waals surface area contributed by atoms with Gasteiger partial charge in [0.15, 0.2) is 5.82 Å². The summed E-state index contributed by atoms with van der Waals surface area (Å²) in [6.07, 6.45) is 1.77. The van der Waals surface area contributed by atoms with Crippen LogP contribution in [0.5, 0.6) is 0 Å². The van der Waals surface area contributed by atoms with Gasteiger partial charge in [-0.1, -0.05) is 107 Å². The molecule has 140 valence electrons. The Kier molecular flexibility index (Phi) is 5.63. The van der Waals surface area contributed by atoms with Gasteiger partial charge in [-0.3, -0.25) is 0 Å². The number of rotatable bonds is 7. The Hall–Kier alpha value is -2.79. The number of halogens is 1. The molecule has 0 spiro atoms. The van der Waals surface area contributed by atoms with Crippen LogP contribution in [0.4, 0.5) is 0 Å². The van der Waals surface area contributed by atoms with Gasteiger partial charge in [0, 0.05) is 11.8 Å². The molecule has 0 radical (unpaired) electrons. The molecule has 0 saturated carbocycles. The SMILES string of the molecule is BrCCCc1nnnn1C(c1ccccc1)(c1ccccc1)c1ccccc1. The van der Waals surface area contributed by atoms with E-state index >= 15 is 0 Å². The standard InChI is InChI=1S/C23H21BrN4/c24-18-10-17-22-25-26-27-28(22)23(19-11-4-1-5-12-19,20-13-6-2-7-14-20)21-15-8-3-9-16-21/h1-9,11-16H,10,17-18H2. The van der Waals surface area contributed by atoms with Crippen LogP contribution in [0.3, 0.4) is 0 Å². The predicted molar refractivity (Wildman–Crippen MR) is 115 cm³/mol. The zero-order valence-electron chi connectivity index (χ0n) is 15.4. The zero-order chi connectivity index (χ0) is 19.2. The monoisotopic (exact) mass is 432 g/mol. The van der Waals surface area contributed by atoms with Crippen molar-refractivity contribution in [3.63, 3.8) is 0 Å². The molecule has 0 atom stereocenters. The lowest BCUT2D eigenvalue weighted by Crippen LogP contribution is -2.40. The van der Waals surface area contributed by atoms with E-state index in [-0.39, 0.29) is 0 Å². The van der Waals surface area contributed by atoms with Crippen LogP contribution in [0.2, 0.25) is 0 Å². The minimum Gasteiger partial charge on any atom is -0.210 e. The van der Waals surface area contributed by atoms with Crippen molar-refractivity contribution >= 4 is 15.9 Å². The topological polar surface area (TPSA) is 43.6 Å². The Morgan fingerprint density at radius 2 is 1.18 bits per heavy atom. The maximum atomic E-state index is 4.51. The summed E-state index contributed by atoms with van der Waals surface area (Å²) in [6, 6.07) is 31.4. The largest absolute Gasteiger partial charge is 0.210 e. The maximum Gasteiger partial charge on any atom is 0.153 e. The third-order valence-electron chi connectivity index (χ3n) is 4.96. The molecule has 0 amide bonds. The minimum atomic E-state index is -0.644. The molecule has 0 N–H and O–H groups in total. The van der Waals surface area contributed by atoms with Gasteiger partial charge >= 0.3 is 0 Å². The van der Waals surface area contributed by atoms with E-state index in [0.717, 1.165) is 40.7 Å². The lowest BCUT2D eigenvalue weighted by atomic mass is 9.77. The fourth-order valence-corrected chi connectivity index (χ4v) is 4.03. The summed E-state index contributed by atoms with van der Waals surface area (Å²) < 4.78 is 2.00. The highest BCUT2D eigenvalue weighted by Crippen LogP contribution is 2.40. The van der Waals surface area contributed by atoms with Gasteiger partial charge in [-0.05, 0) is 33.5 Å². The van der Waals surface area contributed by atoms with E-state index < -0.39 is 5.54 Å². The van der Waals surface area contributed by atoms with Gasteiger partial charge in [0.25, 0.3) is 0 Å². The number of aryl methyl sites for hydroxylation is 1. The first kappa shape index (κ1) is 18.6. The van der Waals surface area contributed by atoms with E-state index in [2.05, 4.69) is 104 Å². The molecule has 0 aliphatic heterocycles. The van der Waals surface area contributed by atoms with Crippen LogP contribution >= 0.6 is 15.9 Å². The first-order valence-corrected chi connectivity index (χ1v) is 10.5. The molecule has 0 fully saturated rings. The molecule has 0 unspecified atom stereocenters. The number of alkyl halides is 1. The number of hydrogen-bond acceptors (Lipinski definition) is 3. The molecule has 5 heteroatoms. The van der Waals surface area contributed by atoms with E-state index in [4.69, 9.17) is 0 Å². The number of aromatic nitrogens is 4. The molecule has 0 aliphatic rings. The molecule has 1 heterocycles. The average Bonchev–Trinajstić information content (AvgIpc) is 3.24. The van der Waals surface area contributed by atoms with Crippen molar-refractivity contribution in [3.05, 3.63) is 114 Å². The Morgan fingerprint density at radius 3 is 1.61 bits per heavy atom. The number of benzene rings is 3.